The fourth-order valence-electron chi connectivity index (χ4n) is 4.24. The third kappa shape index (κ3) is 4.94. The number of hydrogen-bond acceptors (Lipinski definition) is 4. The van der Waals surface area contributed by atoms with Gasteiger partial charge in [0.05, 0.1) is 35.3 Å². The van der Waals surface area contributed by atoms with Crippen LogP contribution in [-0.4, -0.2) is 47.2 Å². The molecule has 0 unspecified atom stereocenters. The monoisotopic (exact) mass is 474 g/mol. The molecule has 2 amide bonds. The van der Waals surface area contributed by atoms with E-state index in [0.717, 1.165) is 6.42 Å². The zero-order valence-electron chi connectivity index (χ0n) is 18.0. The number of nitrogens with zero attached hydrogens (tertiary/aromatic N) is 2. The summed E-state index contributed by atoms with van der Waals surface area (Å²) in [5.74, 6) is -0.652. The van der Waals surface area contributed by atoms with E-state index in [4.69, 9.17) is 16.3 Å². The van der Waals surface area contributed by atoms with Crippen LogP contribution in [0.5, 0.6) is 0 Å². The van der Waals surface area contributed by atoms with Gasteiger partial charge in [-0.05, 0) is 55.7 Å². The number of guanidine groups is 1. The maximum absolute atomic E-state index is 13.3. The number of anilines is 2. The molecule has 0 spiro atoms. The van der Waals surface area contributed by atoms with Crippen LogP contribution in [0.1, 0.15) is 31.7 Å². The molecule has 33 heavy (non-hydrogen) atoms. The van der Waals surface area contributed by atoms with Crippen LogP contribution in [0.4, 0.5) is 20.6 Å². The van der Waals surface area contributed by atoms with Crippen molar-refractivity contribution in [3.05, 3.63) is 58.9 Å². The molecule has 0 aromatic heterocycles. The van der Waals surface area contributed by atoms with Gasteiger partial charge in [0.1, 0.15) is 5.82 Å². The highest BCUT2D eigenvalue weighted by atomic mass is 35.5. The molecule has 0 radical (unpaired) electrons. The van der Waals surface area contributed by atoms with E-state index in [-0.39, 0.29) is 30.1 Å². The van der Waals surface area contributed by atoms with Gasteiger partial charge in [-0.1, -0.05) is 23.7 Å². The first-order valence-electron chi connectivity index (χ1n) is 10.6. The number of carbonyl (C=O) groups is 2. The minimum Gasteiger partial charge on any atom is -0.463 e. The number of carbonyl (C=O) groups excluding carboxylic acids is 1. The Kier molecular flexibility index (Phi) is 6.53. The number of rotatable bonds is 4. The number of carboxylic acid groups (broad SMARTS) is 1. The summed E-state index contributed by atoms with van der Waals surface area (Å²) in [7, 11) is 0. The molecule has 8 nitrogen and oxygen atoms in total. The fraction of sp³-hybridized carbons (Fsp3) is 0.348. The molecule has 2 aromatic carbocycles. The van der Waals surface area contributed by atoms with Crippen molar-refractivity contribution >= 4 is 40.9 Å². The molecule has 174 valence electrons. The molecule has 3 N–H and O–H groups in total. The molecule has 0 saturated carbocycles. The molecule has 2 aromatic rings. The first kappa shape index (κ1) is 23.0. The van der Waals surface area contributed by atoms with E-state index >= 15 is 0 Å². The van der Waals surface area contributed by atoms with Crippen molar-refractivity contribution in [1.29, 1.82) is 0 Å². The minimum absolute atomic E-state index is 0.0373. The Bertz CT molecular complexity index is 1090. The number of ether oxygens (including phenoxy) is 1. The molecule has 2 aliphatic heterocycles. The highest BCUT2D eigenvalue weighted by molar-refractivity contribution is 6.34. The Morgan fingerprint density at radius 1 is 1.33 bits per heavy atom. The van der Waals surface area contributed by atoms with Crippen molar-refractivity contribution in [1.82, 2.24) is 10.2 Å². The van der Waals surface area contributed by atoms with Gasteiger partial charge >= 0.3 is 6.09 Å². The highest BCUT2D eigenvalue weighted by Crippen LogP contribution is 2.39. The third-order valence-corrected chi connectivity index (χ3v) is 6.22. The summed E-state index contributed by atoms with van der Waals surface area (Å²) in [5.41, 5.74) is 0.804. The van der Waals surface area contributed by atoms with Crippen LogP contribution in [0.3, 0.4) is 0 Å². The number of aliphatic imine (C=N–C) groups is 1. The van der Waals surface area contributed by atoms with Crippen LogP contribution in [0.15, 0.2) is 47.5 Å². The number of nitrogens with one attached hydrogen (secondary N) is 2. The third-order valence-electron chi connectivity index (χ3n) is 5.81. The van der Waals surface area contributed by atoms with E-state index in [9.17, 15) is 19.1 Å². The molecule has 10 heteroatoms. The number of benzene rings is 2. The molecule has 2 saturated heterocycles. The lowest BCUT2D eigenvalue weighted by Crippen LogP contribution is -2.63. The Morgan fingerprint density at radius 3 is 2.76 bits per heavy atom. The highest BCUT2D eigenvalue weighted by Gasteiger charge is 2.44. The number of hydrogen-bond donors (Lipinski definition) is 3. The quantitative estimate of drug-likeness (QED) is 0.604. The normalized spacial score (nSPS) is 24.5. The first-order valence-corrected chi connectivity index (χ1v) is 11.0. The van der Waals surface area contributed by atoms with Crippen LogP contribution in [-0.2, 0) is 15.1 Å². The Morgan fingerprint density at radius 2 is 2.09 bits per heavy atom. The summed E-state index contributed by atoms with van der Waals surface area (Å²) in [6.45, 7) is 2.71. The van der Waals surface area contributed by atoms with Gasteiger partial charge in [-0.25, -0.2) is 9.18 Å². The number of amides is 2. The standard InChI is InChI=1S/C23H24ClFN4O4/c1-23(17-5-2-6-18(20(17)24)26-15-9-7-14(25)8-10-15)12-19(30)29(16-4-3-11-33-13-16)21(28-23)27-22(31)32/h2,5-10,16,26H,3-4,11-13H2,1H3,(H,27,28)(H,31,32)/t16-,23+/m1/s1. The molecular weight excluding hydrogens is 451 g/mol. The molecular formula is C23H24ClFN4O4. The van der Waals surface area contributed by atoms with Crippen molar-refractivity contribution in [2.45, 2.75) is 37.8 Å². The summed E-state index contributed by atoms with van der Waals surface area (Å²) in [6, 6.07) is 10.9. The van der Waals surface area contributed by atoms with Crippen molar-refractivity contribution in [2.75, 3.05) is 18.5 Å². The van der Waals surface area contributed by atoms with E-state index in [1.165, 1.54) is 17.0 Å². The summed E-state index contributed by atoms with van der Waals surface area (Å²) >= 11 is 6.72. The summed E-state index contributed by atoms with van der Waals surface area (Å²) in [6.07, 6.45) is 0.103. The average Bonchev–Trinajstić information content (AvgIpc) is 2.76. The van der Waals surface area contributed by atoms with Gasteiger partial charge in [0.15, 0.2) is 0 Å². The maximum atomic E-state index is 13.3. The van der Waals surface area contributed by atoms with E-state index in [2.05, 4.69) is 15.6 Å². The van der Waals surface area contributed by atoms with E-state index in [1.807, 2.05) is 0 Å². The van der Waals surface area contributed by atoms with Crippen molar-refractivity contribution < 1.29 is 23.8 Å². The molecule has 0 bridgehead atoms. The van der Waals surface area contributed by atoms with Gasteiger partial charge in [-0.3, -0.25) is 9.69 Å². The Hall–Kier alpha value is -3.17. The van der Waals surface area contributed by atoms with Gasteiger partial charge < -0.3 is 20.5 Å². The van der Waals surface area contributed by atoms with Crippen molar-refractivity contribution in [2.24, 2.45) is 4.99 Å². The van der Waals surface area contributed by atoms with Crippen LogP contribution < -0.4 is 10.6 Å². The lowest BCUT2D eigenvalue weighted by atomic mass is 9.85. The van der Waals surface area contributed by atoms with Crippen molar-refractivity contribution in [3.63, 3.8) is 0 Å². The molecule has 2 aliphatic rings. The average molecular weight is 475 g/mol. The van der Waals surface area contributed by atoms with E-state index in [1.54, 1.807) is 37.3 Å². The first-order chi connectivity index (χ1) is 15.8. The molecule has 2 atom stereocenters. The SMILES string of the molecule is C[C@@]1(c2cccc(Nc3ccc(F)cc3)c2Cl)CC(=O)N([C@@H]2CCCOC2)/C(=N/C(=O)O)N1. The number of halogens is 2. The molecule has 2 heterocycles. The van der Waals surface area contributed by atoms with Gasteiger partial charge in [-0.2, -0.15) is 0 Å². The lowest BCUT2D eigenvalue weighted by molar-refractivity contribution is -0.134. The molecule has 2 fully saturated rings. The van der Waals surface area contributed by atoms with Crippen LogP contribution in [0, 0.1) is 5.82 Å². The second-order valence-corrected chi connectivity index (χ2v) is 8.66. The van der Waals surface area contributed by atoms with Crippen molar-refractivity contribution in [3.8, 4) is 0 Å². The molecule has 0 aliphatic carbocycles. The lowest BCUT2D eigenvalue weighted by Gasteiger charge is -2.45. The van der Waals surface area contributed by atoms with E-state index < -0.39 is 11.6 Å². The van der Waals surface area contributed by atoms with Gasteiger partial charge in [0.25, 0.3) is 0 Å². The maximum Gasteiger partial charge on any atom is 0.434 e. The topological polar surface area (TPSA) is 103 Å². The zero-order chi connectivity index (χ0) is 23.6. The van der Waals surface area contributed by atoms with Gasteiger partial charge in [-0.15, -0.1) is 4.99 Å². The zero-order valence-corrected chi connectivity index (χ0v) is 18.7. The Labute approximate surface area is 195 Å². The summed E-state index contributed by atoms with van der Waals surface area (Å²) in [5, 5.41) is 16.0. The van der Waals surface area contributed by atoms with Gasteiger partial charge in [0, 0.05) is 12.3 Å². The smallest absolute Gasteiger partial charge is 0.434 e. The van der Waals surface area contributed by atoms with Crippen LogP contribution in [0.2, 0.25) is 5.02 Å². The van der Waals surface area contributed by atoms with Crippen LogP contribution >= 0.6 is 11.6 Å². The predicted octanol–water partition coefficient (Wildman–Crippen LogP) is 4.47. The molecule has 4 rings (SSSR count). The second-order valence-electron chi connectivity index (χ2n) is 8.29. The summed E-state index contributed by atoms with van der Waals surface area (Å²) < 4.78 is 18.7. The minimum atomic E-state index is -1.41. The largest absolute Gasteiger partial charge is 0.463 e. The predicted molar refractivity (Wildman–Crippen MR) is 122 cm³/mol. The van der Waals surface area contributed by atoms with Gasteiger partial charge in [0.2, 0.25) is 11.9 Å². The summed E-state index contributed by atoms with van der Waals surface area (Å²) in [4.78, 5) is 29.8. The fourth-order valence-corrected chi connectivity index (χ4v) is 4.62. The van der Waals surface area contributed by atoms with Crippen LogP contribution in [0.25, 0.3) is 0 Å². The Balaban J connectivity index is 1.66. The second kappa shape index (κ2) is 9.36. The van der Waals surface area contributed by atoms with E-state index in [0.29, 0.717) is 41.6 Å².